The van der Waals surface area contributed by atoms with Crippen molar-refractivity contribution < 1.29 is 0 Å². The van der Waals surface area contributed by atoms with Gasteiger partial charge in [0.25, 0.3) is 0 Å². The maximum atomic E-state index is 5.95. The summed E-state index contributed by atoms with van der Waals surface area (Å²) in [7, 11) is 0. The minimum absolute atomic E-state index is 0.426. The molecule has 0 saturated heterocycles. The largest absolute Gasteiger partial charge is 0.370 e. The van der Waals surface area contributed by atoms with Gasteiger partial charge in [-0.3, -0.25) is 0 Å². The molecular formula is C17H23N5. The lowest BCUT2D eigenvalue weighted by molar-refractivity contribution is 0.522. The van der Waals surface area contributed by atoms with Crippen LogP contribution in [-0.2, 0) is 25.9 Å². The van der Waals surface area contributed by atoms with Crippen LogP contribution in [0.15, 0.2) is 35.5 Å². The van der Waals surface area contributed by atoms with Gasteiger partial charge in [-0.15, -0.1) is 0 Å². The van der Waals surface area contributed by atoms with Gasteiger partial charge in [-0.2, -0.15) is 0 Å². The molecule has 0 spiro atoms. The Morgan fingerprint density at radius 2 is 2.14 bits per heavy atom. The third kappa shape index (κ3) is 3.47. The maximum Gasteiger partial charge on any atom is 0.193 e. The Morgan fingerprint density at radius 3 is 2.86 bits per heavy atom. The predicted molar refractivity (Wildman–Crippen MR) is 89.9 cm³/mol. The molecule has 0 saturated carbocycles. The Kier molecular flexibility index (Phi) is 4.42. The molecule has 3 N–H and O–H groups in total. The van der Waals surface area contributed by atoms with Crippen molar-refractivity contribution in [3.8, 4) is 0 Å². The standard InChI is InChI=1S/C17H23N5/c1-2-13-6-8-14(9-7-13)21-17(18)19-11-15-12-22-10-4-3-5-16(22)20-15/h6-9,12H,2-5,10-11H2,1H3,(H3,18,19,21). The fraction of sp³-hybridized carbons (Fsp3) is 0.412. The van der Waals surface area contributed by atoms with E-state index in [1.807, 2.05) is 12.1 Å². The van der Waals surface area contributed by atoms with Crippen molar-refractivity contribution in [3.63, 3.8) is 0 Å². The Hall–Kier alpha value is -2.30. The lowest BCUT2D eigenvalue weighted by atomic mass is 10.1. The zero-order chi connectivity index (χ0) is 15.4. The van der Waals surface area contributed by atoms with Crippen LogP contribution in [0.1, 0.15) is 36.8 Å². The van der Waals surface area contributed by atoms with Gasteiger partial charge in [0.2, 0.25) is 0 Å². The zero-order valence-electron chi connectivity index (χ0n) is 13.0. The molecule has 2 aromatic rings. The number of fused-ring (bicyclic) bond motifs is 1. The smallest absolute Gasteiger partial charge is 0.193 e. The Labute approximate surface area is 131 Å². The summed E-state index contributed by atoms with van der Waals surface area (Å²) < 4.78 is 2.24. The highest BCUT2D eigenvalue weighted by atomic mass is 15.1. The van der Waals surface area contributed by atoms with Gasteiger partial charge in [-0.1, -0.05) is 19.1 Å². The number of imidazole rings is 1. The van der Waals surface area contributed by atoms with Gasteiger partial charge in [-0.25, -0.2) is 9.98 Å². The first-order valence-electron chi connectivity index (χ1n) is 7.95. The van der Waals surface area contributed by atoms with E-state index in [0.717, 1.165) is 30.8 Å². The van der Waals surface area contributed by atoms with Gasteiger partial charge >= 0.3 is 0 Å². The highest BCUT2D eigenvalue weighted by Gasteiger charge is 2.11. The summed E-state index contributed by atoms with van der Waals surface area (Å²) in [6, 6.07) is 8.24. The number of hydrogen-bond acceptors (Lipinski definition) is 2. The average molecular weight is 297 g/mol. The fourth-order valence-electron chi connectivity index (χ4n) is 2.73. The van der Waals surface area contributed by atoms with E-state index in [2.05, 4.69) is 45.1 Å². The summed E-state index contributed by atoms with van der Waals surface area (Å²) in [6.45, 7) is 3.73. The van der Waals surface area contributed by atoms with Crippen molar-refractivity contribution in [2.75, 3.05) is 5.32 Å². The molecule has 0 amide bonds. The zero-order valence-corrected chi connectivity index (χ0v) is 13.0. The average Bonchev–Trinajstić information content (AvgIpc) is 2.96. The van der Waals surface area contributed by atoms with Gasteiger partial charge in [0.15, 0.2) is 5.96 Å². The second kappa shape index (κ2) is 6.64. The first-order chi connectivity index (χ1) is 10.7. The number of guanidine groups is 1. The quantitative estimate of drug-likeness (QED) is 0.673. The second-order valence-electron chi connectivity index (χ2n) is 5.68. The Morgan fingerprint density at radius 1 is 1.32 bits per heavy atom. The first-order valence-corrected chi connectivity index (χ1v) is 7.95. The third-order valence-electron chi connectivity index (χ3n) is 4.00. The monoisotopic (exact) mass is 297 g/mol. The molecule has 0 unspecified atom stereocenters. The van der Waals surface area contributed by atoms with Crippen molar-refractivity contribution >= 4 is 11.6 Å². The number of aryl methyl sites for hydroxylation is 3. The van der Waals surface area contributed by atoms with Crippen molar-refractivity contribution in [1.82, 2.24) is 9.55 Å². The van der Waals surface area contributed by atoms with Gasteiger partial charge < -0.3 is 15.6 Å². The molecule has 2 heterocycles. The fourth-order valence-corrected chi connectivity index (χ4v) is 2.73. The molecule has 0 aliphatic carbocycles. The topological polar surface area (TPSA) is 68.2 Å². The molecule has 5 nitrogen and oxygen atoms in total. The summed E-state index contributed by atoms with van der Waals surface area (Å²) in [5, 5.41) is 3.12. The SMILES string of the molecule is CCc1ccc(NC(N)=NCc2cn3c(n2)CCCC3)cc1. The van der Waals surface area contributed by atoms with Crippen LogP contribution >= 0.6 is 0 Å². The number of aromatic nitrogens is 2. The normalized spacial score (nSPS) is 14.7. The third-order valence-corrected chi connectivity index (χ3v) is 4.00. The minimum Gasteiger partial charge on any atom is -0.370 e. The van der Waals surface area contributed by atoms with E-state index in [4.69, 9.17) is 5.73 Å². The second-order valence-corrected chi connectivity index (χ2v) is 5.68. The van der Waals surface area contributed by atoms with Crippen LogP contribution in [0, 0.1) is 0 Å². The van der Waals surface area contributed by atoms with E-state index in [0.29, 0.717) is 12.5 Å². The summed E-state index contributed by atoms with van der Waals surface area (Å²) in [5.74, 6) is 1.60. The van der Waals surface area contributed by atoms with Crippen LogP contribution in [0.5, 0.6) is 0 Å². The van der Waals surface area contributed by atoms with Crippen LogP contribution in [0.3, 0.4) is 0 Å². The number of nitrogens with one attached hydrogen (secondary N) is 1. The Bertz CT molecular complexity index is 631. The number of nitrogens with two attached hydrogens (primary N) is 1. The summed E-state index contributed by atoms with van der Waals surface area (Å²) in [4.78, 5) is 9.01. The van der Waals surface area contributed by atoms with Crippen molar-refractivity contribution in [1.29, 1.82) is 0 Å². The van der Waals surface area contributed by atoms with Crippen LogP contribution in [0.25, 0.3) is 0 Å². The molecule has 1 aromatic carbocycles. The van der Waals surface area contributed by atoms with Gasteiger partial charge in [0.1, 0.15) is 5.82 Å². The van der Waals surface area contributed by atoms with Gasteiger partial charge in [0, 0.05) is 24.8 Å². The van der Waals surface area contributed by atoms with Gasteiger partial charge in [0.05, 0.1) is 12.2 Å². The molecule has 5 heteroatoms. The number of rotatable bonds is 4. The highest BCUT2D eigenvalue weighted by Crippen LogP contribution is 2.15. The molecule has 116 valence electrons. The van der Waals surface area contributed by atoms with Crippen molar-refractivity contribution in [3.05, 3.63) is 47.5 Å². The van der Waals surface area contributed by atoms with E-state index >= 15 is 0 Å². The number of benzene rings is 1. The van der Waals surface area contributed by atoms with Crippen LogP contribution in [0.2, 0.25) is 0 Å². The number of anilines is 1. The molecule has 1 aromatic heterocycles. The molecule has 0 bridgehead atoms. The molecule has 1 aliphatic rings. The number of aliphatic imine (C=N–C) groups is 1. The highest BCUT2D eigenvalue weighted by molar-refractivity contribution is 5.92. The van der Waals surface area contributed by atoms with Crippen LogP contribution in [0.4, 0.5) is 5.69 Å². The van der Waals surface area contributed by atoms with Gasteiger partial charge in [-0.05, 0) is 37.0 Å². The van der Waals surface area contributed by atoms with E-state index in [1.54, 1.807) is 0 Å². The maximum absolute atomic E-state index is 5.95. The molecule has 0 atom stereocenters. The molecule has 0 fully saturated rings. The van der Waals surface area contributed by atoms with Crippen LogP contribution < -0.4 is 11.1 Å². The Balaban J connectivity index is 1.60. The van der Waals surface area contributed by atoms with Crippen LogP contribution in [-0.4, -0.2) is 15.5 Å². The number of hydrogen-bond donors (Lipinski definition) is 2. The van der Waals surface area contributed by atoms with E-state index in [9.17, 15) is 0 Å². The summed E-state index contributed by atoms with van der Waals surface area (Å²) >= 11 is 0. The summed E-state index contributed by atoms with van der Waals surface area (Å²) in [5.41, 5.74) is 9.21. The molecule has 3 rings (SSSR count). The first kappa shape index (κ1) is 14.6. The molecule has 22 heavy (non-hydrogen) atoms. The lowest BCUT2D eigenvalue weighted by Crippen LogP contribution is -2.22. The summed E-state index contributed by atoms with van der Waals surface area (Å²) in [6.07, 6.45) is 6.68. The van der Waals surface area contributed by atoms with Crippen molar-refractivity contribution in [2.45, 2.75) is 45.7 Å². The van der Waals surface area contributed by atoms with E-state index < -0.39 is 0 Å². The van der Waals surface area contributed by atoms with E-state index in [-0.39, 0.29) is 0 Å². The van der Waals surface area contributed by atoms with Crippen molar-refractivity contribution in [2.24, 2.45) is 10.7 Å². The number of nitrogens with zero attached hydrogens (tertiary/aromatic N) is 3. The molecule has 0 radical (unpaired) electrons. The minimum atomic E-state index is 0.426. The van der Waals surface area contributed by atoms with E-state index in [1.165, 1.54) is 24.2 Å². The molecule has 1 aliphatic heterocycles. The predicted octanol–water partition coefficient (Wildman–Crippen LogP) is 2.71. The molecular weight excluding hydrogens is 274 g/mol. The lowest BCUT2D eigenvalue weighted by Gasteiger charge is -2.11.